The lowest BCUT2D eigenvalue weighted by atomic mass is 9.86. The Morgan fingerprint density at radius 1 is 1.30 bits per heavy atom. The Labute approximate surface area is 119 Å². The van der Waals surface area contributed by atoms with Gasteiger partial charge in [0.05, 0.1) is 5.92 Å². The summed E-state index contributed by atoms with van der Waals surface area (Å²) >= 11 is 0. The number of carbonyl (C=O) groups is 2. The summed E-state index contributed by atoms with van der Waals surface area (Å²) in [5.41, 5.74) is 2.76. The van der Waals surface area contributed by atoms with E-state index in [9.17, 15) is 9.59 Å². The summed E-state index contributed by atoms with van der Waals surface area (Å²) in [6, 6.07) is 5.85. The predicted molar refractivity (Wildman–Crippen MR) is 76.7 cm³/mol. The number of carboxylic acids is 1. The number of hydrogen-bond donors (Lipinski definition) is 1. The van der Waals surface area contributed by atoms with E-state index in [0.717, 1.165) is 16.7 Å². The molecule has 0 saturated carbocycles. The molecule has 1 N–H and O–H groups in total. The number of rotatable bonds is 2. The SMILES string of the molecule is Cc1ccc(C)c(C(=O)N2CCC(C(=O)O)C(C)C2)c1. The molecule has 20 heavy (non-hydrogen) atoms. The van der Waals surface area contributed by atoms with Crippen molar-refractivity contribution in [3.8, 4) is 0 Å². The van der Waals surface area contributed by atoms with Gasteiger partial charge >= 0.3 is 5.97 Å². The van der Waals surface area contributed by atoms with Gasteiger partial charge in [0, 0.05) is 18.7 Å². The molecule has 0 radical (unpaired) electrons. The van der Waals surface area contributed by atoms with Crippen LogP contribution in [-0.4, -0.2) is 35.0 Å². The lowest BCUT2D eigenvalue weighted by Crippen LogP contribution is -2.45. The van der Waals surface area contributed by atoms with Gasteiger partial charge in [-0.3, -0.25) is 9.59 Å². The monoisotopic (exact) mass is 275 g/mol. The summed E-state index contributed by atoms with van der Waals surface area (Å²) in [5, 5.41) is 9.13. The Hall–Kier alpha value is -1.84. The molecule has 2 atom stereocenters. The van der Waals surface area contributed by atoms with Gasteiger partial charge in [-0.2, -0.15) is 0 Å². The van der Waals surface area contributed by atoms with Crippen LogP contribution >= 0.6 is 0 Å². The Kier molecular flexibility index (Phi) is 4.12. The van der Waals surface area contributed by atoms with Gasteiger partial charge in [0.15, 0.2) is 0 Å². The predicted octanol–water partition coefficient (Wildman–Crippen LogP) is 2.49. The van der Waals surface area contributed by atoms with Crippen molar-refractivity contribution >= 4 is 11.9 Å². The summed E-state index contributed by atoms with van der Waals surface area (Å²) in [6.07, 6.45) is 0.535. The van der Waals surface area contributed by atoms with Gasteiger partial charge in [-0.25, -0.2) is 0 Å². The highest BCUT2D eigenvalue weighted by atomic mass is 16.4. The third-order valence-electron chi connectivity index (χ3n) is 4.13. The fraction of sp³-hybridized carbons (Fsp3) is 0.500. The lowest BCUT2D eigenvalue weighted by molar-refractivity contribution is -0.145. The van der Waals surface area contributed by atoms with E-state index in [4.69, 9.17) is 5.11 Å². The fourth-order valence-electron chi connectivity index (χ4n) is 2.83. The second kappa shape index (κ2) is 5.65. The van der Waals surface area contributed by atoms with Crippen LogP contribution in [-0.2, 0) is 4.79 Å². The van der Waals surface area contributed by atoms with Crippen molar-refractivity contribution in [3.63, 3.8) is 0 Å². The van der Waals surface area contributed by atoms with Gasteiger partial charge in [0.2, 0.25) is 0 Å². The van der Waals surface area contributed by atoms with Crippen LogP contribution in [0, 0.1) is 25.7 Å². The van der Waals surface area contributed by atoms with Crippen LogP contribution in [0.2, 0.25) is 0 Å². The molecule has 1 aliphatic heterocycles. The van der Waals surface area contributed by atoms with Crippen molar-refractivity contribution in [3.05, 3.63) is 34.9 Å². The topological polar surface area (TPSA) is 57.6 Å². The standard InChI is InChI=1S/C16H21NO3/c1-10-4-5-11(2)14(8-10)15(18)17-7-6-13(16(19)20)12(3)9-17/h4-5,8,12-13H,6-7,9H2,1-3H3,(H,19,20). The molecule has 4 nitrogen and oxygen atoms in total. The maximum absolute atomic E-state index is 12.6. The van der Waals surface area contributed by atoms with Gasteiger partial charge in [-0.05, 0) is 37.8 Å². The van der Waals surface area contributed by atoms with Gasteiger partial charge in [-0.1, -0.05) is 24.6 Å². The van der Waals surface area contributed by atoms with E-state index in [1.54, 1.807) is 4.90 Å². The summed E-state index contributed by atoms with van der Waals surface area (Å²) in [6.45, 7) is 6.84. The van der Waals surface area contributed by atoms with Gasteiger partial charge in [-0.15, -0.1) is 0 Å². The molecule has 2 unspecified atom stereocenters. The molecular formula is C16H21NO3. The quantitative estimate of drug-likeness (QED) is 0.902. The number of amides is 1. The van der Waals surface area contributed by atoms with Crippen LogP contribution in [0.1, 0.15) is 34.8 Å². The Balaban J connectivity index is 2.15. The molecular weight excluding hydrogens is 254 g/mol. The molecule has 0 spiro atoms. The number of likely N-dealkylation sites (tertiary alicyclic amines) is 1. The molecule has 1 heterocycles. The third kappa shape index (κ3) is 2.84. The van der Waals surface area contributed by atoms with Crippen molar-refractivity contribution in [2.45, 2.75) is 27.2 Å². The van der Waals surface area contributed by atoms with Crippen molar-refractivity contribution in [2.75, 3.05) is 13.1 Å². The zero-order valence-corrected chi connectivity index (χ0v) is 12.2. The molecule has 1 aromatic carbocycles. The number of aliphatic carboxylic acids is 1. The molecule has 0 bridgehead atoms. The van der Waals surface area contributed by atoms with Gasteiger partial charge in [0.25, 0.3) is 5.91 Å². The number of benzene rings is 1. The Morgan fingerprint density at radius 2 is 2.00 bits per heavy atom. The molecule has 2 rings (SSSR count). The number of nitrogens with zero attached hydrogens (tertiary/aromatic N) is 1. The summed E-state index contributed by atoms with van der Waals surface area (Å²) in [7, 11) is 0. The van der Waals surface area contributed by atoms with E-state index in [0.29, 0.717) is 19.5 Å². The van der Waals surface area contributed by atoms with Crippen LogP contribution < -0.4 is 0 Å². The van der Waals surface area contributed by atoms with Crippen LogP contribution in [0.4, 0.5) is 0 Å². The zero-order valence-electron chi connectivity index (χ0n) is 12.2. The first-order valence-corrected chi connectivity index (χ1v) is 6.99. The number of aryl methyl sites for hydroxylation is 2. The first kappa shape index (κ1) is 14.6. The third-order valence-corrected chi connectivity index (χ3v) is 4.13. The molecule has 1 aliphatic rings. The van der Waals surface area contributed by atoms with Crippen LogP contribution in [0.15, 0.2) is 18.2 Å². The number of carbonyl (C=O) groups excluding carboxylic acids is 1. The van der Waals surface area contributed by atoms with Crippen molar-refractivity contribution < 1.29 is 14.7 Å². The maximum atomic E-state index is 12.6. The van der Waals surface area contributed by atoms with E-state index in [1.807, 2.05) is 39.0 Å². The molecule has 108 valence electrons. The van der Waals surface area contributed by atoms with E-state index >= 15 is 0 Å². The molecule has 1 aromatic rings. The van der Waals surface area contributed by atoms with E-state index < -0.39 is 5.97 Å². The molecule has 1 amide bonds. The Bertz CT molecular complexity index is 539. The number of piperidine rings is 1. The van der Waals surface area contributed by atoms with Gasteiger partial charge < -0.3 is 10.0 Å². The first-order chi connectivity index (χ1) is 9.40. The van der Waals surface area contributed by atoms with Crippen LogP contribution in [0.5, 0.6) is 0 Å². The lowest BCUT2D eigenvalue weighted by Gasteiger charge is -2.35. The molecule has 4 heteroatoms. The minimum Gasteiger partial charge on any atom is -0.481 e. The minimum atomic E-state index is -0.753. The van der Waals surface area contributed by atoms with Crippen molar-refractivity contribution in [1.82, 2.24) is 4.90 Å². The average Bonchev–Trinajstić information content (AvgIpc) is 2.40. The first-order valence-electron chi connectivity index (χ1n) is 6.99. The highest BCUT2D eigenvalue weighted by Gasteiger charge is 2.33. The van der Waals surface area contributed by atoms with Crippen molar-refractivity contribution in [2.24, 2.45) is 11.8 Å². The van der Waals surface area contributed by atoms with Crippen LogP contribution in [0.25, 0.3) is 0 Å². The molecule has 1 fully saturated rings. The summed E-state index contributed by atoms with van der Waals surface area (Å²) in [4.78, 5) is 25.5. The normalized spacial score (nSPS) is 22.6. The molecule has 0 aromatic heterocycles. The summed E-state index contributed by atoms with van der Waals surface area (Å²) in [5.74, 6) is -1.08. The largest absolute Gasteiger partial charge is 0.481 e. The number of carboxylic acid groups (broad SMARTS) is 1. The average molecular weight is 275 g/mol. The zero-order chi connectivity index (χ0) is 14.9. The van der Waals surface area contributed by atoms with Gasteiger partial charge in [0.1, 0.15) is 0 Å². The number of hydrogen-bond acceptors (Lipinski definition) is 2. The van der Waals surface area contributed by atoms with E-state index in [1.165, 1.54) is 0 Å². The fourth-order valence-corrected chi connectivity index (χ4v) is 2.83. The minimum absolute atomic E-state index is 0.00434. The maximum Gasteiger partial charge on any atom is 0.306 e. The highest BCUT2D eigenvalue weighted by Crippen LogP contribution is 2.25. The smallest absolute Gasteiger partial charge is 0.306 e. The molecule has 0 aliphatic carbocycles. The van der Waals surface area contributed by atoms with Crippen molar-refractivity contribution in [1.29, 1.82) is 0 Å². The highest BCUT2D eigenvalue weighted by molar-refractivity contribution is 5.96. The Morgan fingerprint density at radius 3 is 2.60 bits per heavy atom. The second-order valence-corrected chi connectivity index (χ2v) is 5.78. The van der Waals surface area contributed by atoms with Crippen LogP contribution in [0.3, 0.4) is 0 Å². The van der Waals surface area contributed by atoms with E-state index in [-0.39, 0.29) is 17.7 Å². The second-order valence-electron chi connectivity index (χ2n) is 5.78. The van der Waals surface area contributed by atoms with E-state index in [2.05, 4.69) is 0 Å². The summed E-state index contributed by atoms with van der Waals surface area (Å²) < 4.78 is 0. The molecule has 1 saturated heterocycles.